The summed E-state index contributed by atoms with van der Waals surface area (Å²) in [4.78, 5) is 0.577. The summed E-state index contributed by atoms with van der Waals surface area (Å²) in [7, 11) is -1.22. The van der Waals surface area contributed by atoms with Gasteiger partial charge in [-0.3, -0.25) is 4.21 Å². The minimum Gasteiger partial charge on any atom is -0.455 e. The smallest absolute Gasteiger partial charge is 0.151 e. The first-order valence-electron chi connectivity index (χ1n) is 6.46. The van der Waals surface area contributed by atoms with Crippen molar-refractivity contribution in [1.29, 1.82) is 0 Å². The van der Waals surface area contributed by atoms with E-state index in [0.29, 0.717) is 27.4 Å². The molecule has 0 saturated heterocycles. The van der Waals surface area contributed by atoms with Crippen LogP contribution in [0.25, 0.3) is 22.3 Å². The molecule has 1 heterocycles. The predicted octanol–water partition coefficient (Wildman–Crippen LogP) is 4.97. The van der Waals surface area contributed by atoms with E-state index in [0.717, 1.165) is 9.13 Å². The van der Waals surface area contributed by atoms with Crippen molar-refractivity contribution < 1.29 is 13.0 Å². The number of hydrogen-bond donors (Lipinski definition) is 0. The first-order valence-corrected chi connectivity index (χ1v) is 8.86. The van der Waals surface area contributed by atoms with E-state index < -0.39 is 10.8 Å². The Morgan fingerprint density at radius 3 is 2.57 bits per heavy atom. The molecule has 0 radical (unpaired) electrons. The average Bonchev–Trinajstić information content (AvgIpc) is 2.85. The maximum Gasteiger partial charge on any atom is 0.151 e. The van der Waals surface area contributed by atoms with Crippen molar-refractivity contribution in [3.63, 3.8) is 0 Å². The standard InChI is InChI=1S/C16H12FIO2S/c1-2-21(19)16-13-9-11(17)5-8-14(13)20-15(16)10-3-6-12(18)7-4-10/h3-9H,2H2,1H3. The molecule has 3 rings (SSSR count). The molecule has 0 aliphatic rings. The summed E-state index contributed by atoms with van der Waals surface area (Å²) in [5.41, 5.74) is 1.41. The molecule has 2 aromatic carbocycles. The predicted molar refractivity (Wildman–Crippen MR) is 91.3 cm³/mol. The average molecular weight is 414 g/mol. The van der Waals surface area contributed by atoms with Crippen LogP contribution in [0.5, 0.6) is 0 Å². The van der Waals surface area contributed by atoms with Gasteiger partial charge in [-0.15, -0.1) is 0 Å². The molecular formula is C16H12FIO2S. The Morgan fingerprint density at radius 1 is 1.19 bits per heavy atom. The lowest BCUT2D eigenvalue weighted by Crippen LogP contribution is -1.95. The lowest BCUT2D eigenvalue weighted by atomic mass is 10.1. The van der Waals surface area contributed by atoms with E-state index >= 15 is 0 Å². The van der Waals surface area contributed by atoms with Crippen LogP contribution in [0.4, 0.5) is 4.39 Å². The molecule has 108 valence electrons. The van der Waals surface area contributed by atoms with E-state index in [1.807, 2.05) is 31.2 Å². The van der Waals surface area contributed by atoms with Crippen molar-refractivity contribution >= 4 is 44.4 Å². The molecule has 0 fully saturated rings. The Bertz CT molecular complexity index is 824. The van der Waals surface area contributed by atoms with Gasteiger partial charge in [0.05, 0.1) is 15.7 Å². The first-order chi connectivity index (χ1) is 10.1. The largest absolute Gasteiger partial charge is 0.455 e. The van der Waals surface area contributed by atoms with Crippen molar-refractivity contribution in [2.24, 2.45) is 0 Å². The zero-order valence-electron chi connectivity index (χ0n) is 11.2. The third-order valence-corrected chi connectivity index (χ3v) is 5.30. The molecule has 1 atom stereocenters. The summed E-state index contributed by atoms with van der Waals surface area (Å²) in [6.45, 7) is 1.84. The third kappa shape index (κ3) is 2.76. The van der Waals surface area contributed by atoms with Crippen LogP contribution in [0, 0.1) is 9.39 Å². The zero-order chi connectivity index (χ0) is 15.0. The SMILES string of the molecule is CCS(=O)c1c(-c2ccc(I)cc2)oc2ccc(F)cc12. The van der Waals surface area contributed by atoms with Gasteiger partial charge in [-0.1, -0.05) is 19.1 Å². The van der Waals surface area contributed by atoms with E-state index in [1.165, 1.54) is 12.1 Å². The van der Waals surface area contributed by atoms with Crippen LogP contribution in [-0.4, -0.2) is 9.96 Å². The van der Waals surface area contributed by atoms with Crippen molar-refractivity contribution in [2.75, 3.05) is 5.75 Å². The number of hydrogen-bond acceptors (Lipinski definition) is 2. The quantitative estimate of drug-likeness (QED) is 0.567. The van der Waals surface area contributed by atoms with E-state index in [1.54, 1.807) is 6.07 Å². The maximum absolute atomic E-state index is 13.5. The highest BCUT2D eigenvalue weighted by atomic mass is 127. The fourth-order valence-corrected chi connectivity index (χ4v) is 3.63. The van der Waals surface area contributed by atoms with Gasteiger partial charge in [0.15, 0.2) is 5.76 Å². The van der Waals surface area contributed by atoms with E-state index in [-0.39, 0.29) is 5.82 Å². The van der Waals surface area contributed by atoms with Gasteiger partial charge in [-0.25, -0.2) is 4.39 Å². The Kier molecular flexibility index (Phi) is 4.12. The molecule has 0 spiro atoms. The van der Waals surface area contributed by atoms with Crippen LogP contribution in [0.3, 0.4) is 0 Å². The van der Waals surface area contributed by atoms with Crippen LogP contribution >= 0.6 is 22.6 Å². The monoisotopic (exact) mass is 414 g/mol. The molecule has 1 unspecified atom stereocenters. The first kappa shape index (κ1) is 14.7. The van der Waals surface area contributed by atoms with E-state index in [9.17, 15) is 8.60 Å². The molecule has 5 heteroatoms. The van der Waals surface area contributed by atoms with E-state index in [2.05, 4.69) is 22.6 Å². The molecule has 0 aliphatic carbocycles. The van der Waals surface area contributed by atoms with Crippen LogP contribution < -0.4 is 0 Å². The van der Waals surface area contributed by atoms with Crippen LogP contribution in [0.2, 0.25) is 0 Å². The summed E-state index contributed by atoms with van der Waals surface area (Å²) in [5.74, 6) is 0.668. The Labute approximate surface area is 137 Å². The summed E-state index contributed by atoms with van der Waals surface area (Å²) in [6, 6.07) is 12.1. The zero-order valence-corrected chi connectivity index (χ0v) is 14.2. The lowest BCUT2D eigenvalue weighted by molar-refractivity contribution is 0.615. The van der Waals surface area contributed by atoms with Gasteiger partial charge in [0.1, 0.15) is 11.4 Å². The van der Waals surface area contributed by atoms with Gasteiger partial charge < -0.3 is 4.42 Å². The summed E-state index contributed by atoms with van der Waals surface area (Å²) >= 11 is 2.22. The minimum atomic E-state index is -1.22. The molecule has 0 N–H and O–H groups in total. The van der Waals surface area contributed by atoms with Gasteiger partial charge >= 0.3 is 0 Å². The molecule has 0 amide bonds. The van der Waals surface area contributed by atoms with Gasteiger partial charge in [-0.2, -0.15) is 0 Å². The summed E-state index contributed by atoms with van der Waals surface area (Å²) in [5, 5.41) is 0.587. The van der Waals surface area contributed by atoms with Crippen LogP contribution in [0.15, 0.2) is 51.8 Å². The Morgan fingerprint density at radius 2 is 1.90 bits per heavy atom. The molecule has 21 heavy (non-hydrogen) atoms. The number of fused-ring (bicyclic) bond motifs is 1. The topological polar surface area (TPSA) is 30.2 Å². The highest BCUT2D eigenvalue weighted by molar-refractivity contribution is 14.1. The molecule has 3 aromatic rings. The minimum absolute atomic E-state index is 0.355. The second-order valence-corrected chi connectivity index (χ2v) is 7.46. The second-order valence-electron chi connectivity index (χ2n) is 4.54. The number of halogens is 2. The van der Waals surface area contributed by atoms with Gasteiger partial charge in [0.2, 0.25) is 0 Å². The summed E-state index contributed by atoms with van der Waals surface area (Å²) < 4.78 is 32.8. The summed E-state index contributed by atoms with van der Waals surface area (Å²) in [6.07, 6.45) is 0. The molecule has 0 saturated carbocycles. The van der Waals surface area contributed by atoms with Crippen molar-refractivity contribution in [1.82, 2.24) is 0 Å². The number of benzene rings is 2. The highest BCUT2D eigenvalue weighted by Crippen LogP contribution is 2.36. The molecule has 0 aliphatic heterocycles. The molecule has 1 aromatic heterocycles. The van der Waals surface area contributed by atoms with Gasteiger partial charge in [-0.05, 0) is 52.9 Å². The highest BCUT2D eigenvalue weighted by Gasteiger charge is 2.20. The Balaban J connectivity index is 2.30. The van der Waals surface area contributed by atoms with Crippen molar-refractivity contribution in [3.8, 4) is 11.3 Å². The van der Waals surface area contributed by atoms with Crippen molar-refractivity contribution in [3.05, 3.63) is 51.9 Å². The molecular weight excluding hydrogens is 402 g/mol. The number of rotatable bonds is 3. The van der Waals surface area contributed by atoms with Crippen molar-refractivity contribution in [2.45, 2.75) is 11.8 Å². The van der Waals surface area contributed by atoms with Crippen LogP contribution in [-0.2, 0) is 10.8 Å². The van der Waals surface area contributed by atoms with E-state index in [4.69, 9.17) is 4.42 Å². The lowest BCUT2D eigenvalue weighted by Gasteiger charge is -2.02. The molecule has 0 bridgehead atoms. The fourth-order valence-electron chi connectivity index (χ4n) is 2.21. The van der Waals surface area contributed by atoms with Gasteiger partial charge in [0.25, 0.3) is 0 Å². The van der Waals surface area contributed by atoms with Crippen LogP contribution in [0.1, 0.15) is 6.92 Å². The maximum atomic E-state index is 13.5. The Hall–Kier alpha value is -1.21. The van der Waals surface area contributed by atoms with Gasteiger partial charge in [0, 0.05) is 20.3 Å². The second kappa shape index (κ2) is 5.88. The number of furan rings is 1. The third-order valence-electron chi connectivity index (χ3n) is 3.20. The normalized spacial score (nSPS) is 12.7. The molecule has 2 nitrogen and oxygen atoms in total. The fraction of sp³-hybridized carbons (Fsp3) is 0.125.